The lowest BCUT2D eigenvalue weighted by atomic mass is 10.2. The molecular formula is C18H23N3O3S. The highest BCUT2D eigenvalue weighted by Crippen LogP contribution is 2.13. The van der Waals surface area contributed by atoms with Crippen LogP contribution in [0.3, 0.4) is 0 Å². The lowest BCUT2D eigenvalue weighted by molar-refractivity contribution is 0.0754. The number of rotatable bonds is 7. The Labute approximate surface area is 151 Å². The molecule has 0 saturated carbocycles. The molecule has 2 rings (SSSR count). The molecule has 0 spiro atoms. The van der Waals surface area contributed by atoms with Crippen molar-refractivity contribution in [1.29, 1.82) is 0 Å². The second-order valence-electron chi connectivity index (χ2n) is 5.78. The molecule has 2 aromatic heterocycles. The molecule has 2 heterocycles. The minimum absolute atomic E-state index is 0.111. The molecule has 1 N–H and O–H groups in total. The van der Waals surface area contributed by atoms with Gasteiger partial charge in [0.1, 0.15) is 5.69 Å². The van der Waals surface area contributed by atoms with Gasteiger partial charge in [0, 0.05) is 26.3 Å². The van der Waals surface area contributed by atoms with Gasteiger partial charge in [-0.15, -0.1) is 11.3 Å². The molecular weight excluding hydrogens is 338 g/mol. The van der Waals surface area contributed by atoms with E-state index in [2.05, 4.69) is 5.32 Å². The monoisotopic (exact) mass is 361 g/mol. The quantitative estimate of drug-likeness (QED) is 0.824. The summed E-state index contributed by atoms with van der Waals surface area (Å²) in [6.07, 6.45) is 3.24. The van der Waals surface area contributed by atoms with Crippen LogP contribution in [0.4, 0.5) is 5.69 Å². The number of hydrogen-bond donors (Lipinski definition) is 1. The lowest BCUT2D eigenvalue weighted by Crippen LogP contribution is -2.34. The van der Waals surface area contributed by atoms with E-state index in [0.29, 0.717) is 23.5 Å². The zero-order valence-corrected chi connectivity index (χ0v) is 15.6. The Balaban J connectivity index is 2.31. The molecule has 2 amide bonds. The number of thiophene rings is 1. The van der Waals surface area contributed by atoms with Gasteiger partial charge in [-0.3, -0.25) is 14.4 Å². The molecule has 7 heteroatoms. The van der Waals surface area contributed by atoms with Gasteiger partial charge in [0.15, 0.2) is 0 Å². The molecule has 134 valence electrons. The predicted molar refractivity (Wildman–Crippen MR) is 100 cm³/mol. The van der Waals surface area contributed by atoms with Crippen LogP contribution in [0.15, 0.2) is 34.6 Å². The van der Waals surface area contributed by atoms with Crippen molar-refractivity contribution < 1.29 is 9.59 Å². The SMILES string of the molecule is CCCN(CCC)C(=O)c1cc(NC(=O)c2cccs2)c(=O)n(C)c1. The van der Waals surface area contributed by atoms with E-state index in [1.54, 1.807) is 29.5 Å². The Kier molecular flexibility index (Phi) is 6.52. The normalized spacial score (nSPS) is 10.5. The minimum Gasteiger partial charge on any atom is -0.339 e. The van der Waals surface area contributed by atoms with Gasteiger partial charge >= 0.3 is 0 Å². The predicted octanol–water partition coefficient (Wildman–Crippen LogP) is 2.96. The van der Waals surface area contributed by atoms with E-state index in [9.17, 15) is 14.4 Å². The Morgan fingerprint density at radius 2 is 1.92 bits per heavy atom. The Bertz CT molecular complexity index is 790. The first-order chi connectivity index (χ1) is 12.0. The number of nitrogens with one attached hydrogen (secondary N) is 1. The summed E-state index contributed by atoms with van der Waals surface area (Å²) in [5.74, 6) is -0.485. The summed E-state index contributed by atoms with van der Waals surface area (Å²) in [7, 11) is 1.57. The number of hydrogen-bond acceptors (Lipinski definition) is 4. The molecule has 0 unspecified atom stereocenters. The molecule has 0 aliphatic heterocycles. The van der Waals surface area contributed by atoms with Crippen molar-refractivity contribution >= 4 is 28.8 Å². The number of anilines is 1. The first-order valence-electron chi connectivity index (χ1n) is 8.32. The fourth-order valence-corrected chi connectivity index (χ4v) is 3.17. The van der Waals surface area contributed by atoms with Gasteiger partial charge in [-0.05, 0) is 30.4 Å². The number of carbonyl (C=O) groups excluding carboxylic acids is 2. The van der Waals surface area contributed by atoms with E-state index in [1.807, 2.05) is 13.8 Å². The number of carbonyl (C=O) groups is 2. The summed E-state index contributed by atoms with van der Waals surface area (Å²) in [6.45, 7) is 5.35. The maximum Gasteiger partial charge on any atom is 0.274 e. The largest absolute Gasteiger partial charge is 0.339 e. The number of nitrogens with zero attached hydrogens (tertiary/aromatic N) is 2. The molecule has 0 fully saturated rings. The van der Waals surface area contributed by atoms with Gasteiger partial charge in [0.05, 0.1) is 10.4 Å². The van der Waals surface area contributed by atoms with Gasteiger partial charge in [-0.1, -0.05) is 19.9 Å². The number of aryl methyl sites for hydroxylation is 1. The van der Waals surface area contributed by atoms with Crippen molar-refractivity contribution in [3.05, 3.63) is 50.6 Å². The van der Waals surface area contributed by atoms with Crippen molar-refractivity contribution in [2.45, 2.75) is 26.7 Å². The van der Waals surface area contributed by atoms with Crippen molar-refractivity contribution in [3.63, 3.8) is 0 Å². The van der Waals surface area contributed by atoms with E-state index in [4.69, 9.17) is 0 Å². The number of pyridine rings is 1. The number of aromatic nitrogens is 1. The summed E-state index contributed by atoms with van der Waals surface area (Å²) in [5, 5.41) is 4.41. The van der Waals surface area contributed by atoms with E-state index < -0.39 is 0 Å². The van der Waals surface area contributed by atoms with Crippen LogP contribution in [0.2, 0.25) is 0 Å². The zero-order valence-electron chi connectivity index (χ0n) is 14.7. The Hall–Kier alpha value is -2.41. The highest BCUT2D eigenvalue weighted by molar-refractivity contribution is 7.12. The molecule has 0 radical (unpaired) electrons. The molecule has 6 nitrogen and oxygen atoms in total. The second kappa shape index (κ2) is 8.62. The molecule has 25 heavy (non-hydrogen) atoms. The zero-order chi connectivity index (χ0) is 18.4. The third-order valence-electron chi connectivity index (χ3n) is 3.70. The highest BCUT2D eigenvalue weighted by Gasteiger charge is 2.18. The summed E-state index contributed by atoms with van der Waals surface area (Å²) in [5.41, 5.74) is 0.157. The van der Waals surface area contributed by atoms with Gasteiger partial charge < -0.3 is 14.8 Å². The summed E-state index contributed by atoms with van der Waals surface area (Å²) in [4.78, 5) is 39.5. The fourth-order valence-electron chi connectivity index (χ4n) is 2.55. The van der Waals surface area contributed by atoms with Crippen molar-refractivity contribution in [2.24, 2.45) is 7.05 Å². The van der Waals surface area contributed by atoms with E-state index in [1.165, 1.54) is 28.2 Å². The van der Waals surface area contributed by atoms with Gasteiger partial charge in [0.2, 0.25) is 0 Å². The van der Waals surface area contributed by atoms with E-state index in [0.717, 1.165) is 12.8 Å². The Morgan fingerprint density at radius 3 is 2.48 bits per heavy atom. The van der Waals surface area contributed by atoms with Gasteiger partial charge in [0.25, 0.3) is 17.4 Å². The molecule has 0 aliphatic rings. The number of amides is 2. The van der Waals surface area contributed by atoms with Gasteiger partial charge in [-0.25, -0.2) is 0 Å². The van der Waals surface area contributed by atoms with Crippen molar-refractivity contribution in [1.82, 2.24) is 9.47 Å². The maximum atomic E-state index is 12.8. The minimum atomic E-state index is -0.351. The van der Waals surface area contributed by atoms with Crippen LogP contribution in [0.25, 0.3) is 0 Å². The second-order valence-corrected chi connectivity index (χ2v) is 6.73. The maximum absolute atomic E-state index is 12.8. The smallest absolute Gasteiger partial charge is 0.274 e. The first-order valence-corrected chi connectivity index (χ1v) is 9.20. The van der Waals surface area contributed by atoms with Crippen LogP contribution in [0.1, 0.15) is 46.7 Å². The van der Waals surface area contributed by atoms with Crippen LogP contribution in [-0.2, 0) is 7.05 Å². The van der Waals surface area contributed by atoms with Crippen LogP contribution < -0.4 is 10.9 Å². The summed E-state index contributed by atoms with van der Waals surface area (Å²) in [6, 6.07) is 4.92. The van der Waals surface area contributed by atoms with Crippen LogP contribution in [-0.4, -0.2) is 34.4 Å². The Morgan fingerprint density at radius 1 is 1.24 bits per heavy atom. The lowest BCUT2D eigenvalue weighted by Gasteiger charge is -2.22. The third kappa shape index (κ3) is 4.57. The molecule has 0 atom stereocenters. The van der Waals surface area contributed by atoms with Crippen LogP contribution in [0, 0.1) is 0 Å². The molecule has 0 aliphatic carbocycles. The topological polar surface area (TPSA) is 71.4 Å². The summed E-state index contributed by atoms with van der Waals surface area (Å²) >= 11 is 1.29. The first kappa shape index (κ1) is 18.9. The molecule has 0 saturated heterocycles. The van der Waals surface area contributed by atoms with Crippen molar-refractivity contribution in [3.8, 4) is 0 Å². The summed E-state index contributed by atoms with van der Waals surface area (Å²) < 4.78 is 1.33. The fraction of sp³-hybridized carbons (Fsp3) is 0.389. The molecule has 0 aromatic carbocycles. The van der Waals surface area contributed by atoms with Gasteiger partial charge in [-0.2, -0.15) is 0 Å². The van der Waals surface area contributed by atoms with Crippen LogP contribution >= 0.6 is 11.3 Å². The molecule has 0 bridgehead atoms. The van der Waals surface area contributed by atoms with E-state index >= 15 is 0 Å². The van der Waals surface area contributed by atoms with Crippen molar-refractivity contribution in [2.75, 3.05) is 18.4 Å². The van der Waals surface area contributed by atoms with E-state index in [-0.39, 0.29) is 23.1 Å². The van der Waals surface area contributed by atoms with Crippen LogP contribution in [0.5, 0.6) is 0 Å². The highest BCUT2D eigenvalue weighted by atomic mass is 32.1. The average Bonchev–Trinajstić information content (AvgIpc) is 3.12. The standard InChI is InChI=1S/C18H23N3O3S/c1-4-8-21(9-5-2)17(23)13-11-14(18(24)20(3)12-13)19-16(22)15-7-6-10-25-15/h6-7,10-12H,4-5,8-9H2,1-3H3,(H,19,22). The third-order valence-corrected chi connectivity index (χ3v) is 4.57. The molecule has 2 aromatic rings. The average molecular weight is 361 g/mol.